The van der Waals surface area contributed by atoms with Gasteiger partial charge in [0, 0.05) is 18.2 Å². The Morgan fingerprint density at radius 1 is 0.774 bits per heavy atom. The summed E-state index contributed by atoms with van der Waals surface area (Å²) in [5.41, 5.74) is 3.53. The molecule has 3 nitrogen and oxygen atoms in total. The average molecular weight is 402 g/mol. The molecule has 0 N–H and O–H groups in total. The highest BCUT2D eigenvalue weighted by Crippen LogP contribution is 2.38. The van der Waals surface area contributed by atoms with Crippen LogP contribution in [-0.2, 0) is 4.79 Å². The van der Waals surface area contributed by atoms with Gasteiger partial charge in [0.1, 0.15) is 0 Å². The fourth-order valence-corrected chi connectivity index (χ4v) is 5.16. The van der Waals surface area contributed by atoms with E-state index in [1.807, 2.05) is 35.4 Å². The molecule has 2 heterocycles. The van der Waals surface area contributed by atoms with E-state index in [2.05, 4.69) is 72.9 Å². The van der Waals surface area contributed by atoms with E-state index in [1.165, 1.54) is 5.56 Å². The summed E-state index contributed by atoms with van der Waals surface area (Å²) in [5, 5.41) is 2.08. The van der Waals surface area contributed by atoms with Crippen molar-refractivity contribution in [3.8, 4) is 0 Å². The van der Waals surface area contributed by atoms with Gasteiger partial charge in [0.25, 0.3) is 0 Å². The Labute approximate surface area is 181 Å². The molecule has 0 spiro atoms. The van der Waals surface area contributed by atoms with Gasteiger partial charge in [-0.05, 0) is 27.1 Å². The fourth-order valence-electron chi connectivity index (χ4n) is 5.16. The smallest absolute Gasteiger partial charge is 0.248 e. The monoisotopic (exact) mass is 402 g/mol. The molecule has 31 heavy (non-hydrogen) atoms. The first-order valence-electron chi connectivity index (χ1n) is 10.8. The van der Waals surface area contributed by atoms with Crippen LogP contribution in [0.15, 0.2) is 102 Å². The summed E-state index contributed by atoms with van der Waals surface area (Å²) in [4.78, 5) is 20.6. The Balaban J connectivity index is 1.57. The lowest BCUT2D eigenvalue weighted by molar-refractivity contribution is -0.126. The van der Waals surface area contributed by atoms with Crippen LogP contribution in [0.25, 0.3) is 11.6 Å². The van der Waals surface area contributed by atoms with Gasteiger partial charge in [-0.25, -0.2) is 0 Å². The summed E-state index contributed by atoms with van der Waals surface area (Å²) in [6.07, 6.45) is 20.6. The normalized spacial score (nSPS) is 27.5. The molecule has 150 valence electrons. The van der Waals surface area contributed by atoms with Gasteiger partial charge >= 0.3 is 0 Å². The summed E-state index contributed by atoms with van der Waals surface area (Å²) in [6, 6.07) is 16.3. The molecule has 1 amide bonds. The van der Waals surface area contributed by atoms with Crippen LogP contribution in [0.4, 0.5) is 0 Å². The fraction of sp³-hybridized carbons (Fsp3) is 0.143. The molecular formula is C28H22N2O. The third-order valence-electron chi connectivity index (χ3n) is 6.58. The minimum Gasteiger partial charge on any atom is -0.316 e. The van der Waals surface area contributed by atoms with Gasteiger partial charge in [0.15, 0.2) is 0 Å². The predicted octanol–water partition coefficient (Wildman–Crippen LogP) is 3.36. The summed E-state index contributed by atoms with van der Waals surface area (Å²) >= 11 is 0. The van der Waals surface area contributed by atoms with Crippen LogP contribution in [0.1, 0.15) is 23.1 Å². The molecule has 4 unspecified atom stereocenters. The van der Waals surface area contributed by atoms with Gasteiger partial charge < -0.3 is 4.90 Å². The topological polar surface area (TPSA) is 32.7 Å². The number of carbonyl (C=O) groups is 1. The van der Waals surface area contributed by atoms with Crippen molar-refractivity contribution in [3.63, 3.8) is 0 Å². The van der Waals surface area contributed by atoms with Crippen LogP contribution < -0.4 is 10.4 Å². The Kier molecular flexibility index (Phi) is 4.20. The molecule has 2 aromatic rings. The molecule has 0 saturated heterocycles. The van der Waals surface area contributed by atoms with Crippen molar-refractivity contribution in [2.75, 3.05) is 0 Å². The van der Waals surface area contributed by atoms with Crippen molar-refractivity contribution in [1.82, 2.24) is 4.90 Å². The van der Waals surface area contributed by atoms with Crippen molar-refractivity contribution in [3.05, 3.63) is 119 Å². The average Bonchev–Trinajstić information content (AvgIpc) is 3.05. The maximum Gasteiger partial charge on any atom is 0.248 e. The number of rotatable bonds is 1. The van der Waals surface area contributed by atoms with Gasteiger partial charge in [-0.2, -0.15) is 0 Å². The molecule has 0 aromatic heterocycles. The molecule has 6 rings (SSSR count). The summed E-state index contributed by atoms with van der Waals surface area (Å²) in [6.45, 7) is 0. The van der Waals surface area contributed by atoms with Crippen molar-refractivity contribution < 1.29 is 4.79 Å². The van der Waals surface area contributed by atoms with E-state index in [-0.39, 0.29) is 30.0 Å². The molecular weight excluding hydrogens is 380 g/mol. The third-order valence-corrected chi connectivity index (χ3v) is 6.58. The molecule has 0 saturated carbocycles. The van der Waals surface area contributed by atoms with Crippen LogP contribution in [0.2, 0.25) is 0 Å². The number of nitrogens with zero attached hydrogens (tertiary/aromatic N) is 2. The molecule has 2 aromatic carbocycles. The minimum atomic E-state index is -0.238. The second-order valence-corrected chi connectivity index (χ2v) is 8.28. The maximum atomic E-state index is 13.7. The molecule has 4 atom stereocenters. The molecule has 2 aliphatic carbocycles. The summed E-state index contributed by atoms with van der Waals surface area (Å²) in [7, 11) is 0. The highest BCUT2D eigenvalue weighted by atomic mass is 16.2. The van der Waals surface area contributed by atoms with E-state index in [1.54, 1.807) is 6.08 Å². The SMILES string of the molecule is O=C1C=c2ccccc2=C2C=CC=CC2N1C1C=NC2C=CC=CC2c2ccccc21. The van der Waals surface area contributed by atoms with Crippen LogP contribution in [-0.4, -0.2) is 29.1 Å². The second-order valence-electron chi connectivity index (χ2n) is 8.28. The highest BCUT2D eigenvalue weighted by molar-refractivity contribution is 6.07. The summed E-state index contributed by atoms with van der Waals surface area (Å²) in [5.74, 6) is 0.200. The quantitative estimate of drug-likeness (QED) is 0.720. The first kappa shape index (κ1) is 18.1. The Hall–Kier alpha value is -3.72. The van der Waals surface area contributed by atoms with Crippen LogP contribution in [0.5, 0.6) is 0 Å². The van der Waals surface area contributed by atoms with Crippen molar-refractivity contribution in [1.29, 1.82) is 0 Å². The van der Waals surface area contributed by atoms with E-state index < -0.39 is 0 Å². The van der Waals surface area contributed by atoms with Gasteiger partial charge in [-0.15, -0.1) is 0 Å². The standard InChI is InChI=1S/C28H22N2O/c31-28-17-19-9-1-2-10-20(19)23-13-6-8-16-26(23)30(28)27-18-29-25-15-7-5-12-22(25)21-11-3-4-14-24(21)27/h1-18,22,25-27H. The van der Waals surface area contributed by atoms with E-state index >= 15 is 0 Å². The number of hydrogen-bond donors (Lipinski definition) is 0. The Morgan fingerprint density at radius 2 is 1.55 bits per heavy atom. The van der Waals surface area contributed by atoms with Crippen molar-refractivity contribution in [2.45, 2.75) is 24.0 Å². The van der Waals surface area contributed by atoms with Gasteiger partial charge in [0.05, 0.1) is 18.1 Å². The van der Waals surface area contributed by atoms with Gasteiger partial charge in [-0.3, -0.25) is 9.79 Å². The molecule has 0 radical (unpaired) electrons. The Bertz CT molecular complexity index is 1340. The Morgan fingerprint density at radius 3 is 2.48 bits per heavy atom. The van der Waals surface area contributed by atoms with Gasteiger partial charge in [0.2, 0.25) is 5.91 Å². The number of carbonyl (C=O) groups excluding carboxylic acids is 1. The van der Waals surface area contributed by atoms with E-state index in [0.29, 0.717) is 0 Å². The molecule has 0 bridgehead atoms. The number of fused-ring (bicyclic) bond motifs is 5. The van der Waals surface area contributed by atoms with Crippen LogP contribution >= 0.6 is 0 Å². The highest BCUT2D eigenvalue weighted by Gasteiger charge is 2.36. The van der Waals surface area contributed by atoms with E-state index in [0.717, 1.165) is 21.6 Å². The lowest BCUT2D eigenvalue weighted by Gasteiger charge is -2.36. The lowest BCUT2D eigenvalue weighted by atomic mass is 9.84. The summed E-state index contributed by atoms with van der Waals surface area (Å²) < 4.78 is 0. The zero-order valence-electron chi connectivity index (χ0n) is 17.0. The van der Waals surface area contributed by atoms with Crippen LogP contribution in [0, 0.1) is 0 Å². The largest absolute Gasteiger partial charge is 0.316 e. The number of allylic oxidation sites excluding steroid dienone is 4. The number of benzene rings is 2. The number of hydrogen-bond acceptors (Lipinski definition) is 2. The van der Waals surface area contributed by atoms with Crippen LogP contribution in [0.3, 0.4) is 0 Å². The lowest BCUT2D eigenvalue weighted by Crippen LogP contribution is -2.43. The maximum absolute atomic E-state index is 13.7. The molecule has 3 heteroatoms. The molecule has 0 fully saturated rings. The third kappa shape index (κ3) is 2.89. The number of amides is 1. The zero-order chi connectivity index (χ0) is 20.8. The second kappa shape index (κ2) is 7.21. The first-order chi connectivity index (χ1) is 15.3. The number of aliphatic imine (C=N–C) groups is 1. The van der Waals surface area contributed by atoms with E-state index in [4.69, 9.17) is 4.99 Å². The first-order valence-corrected chi connectivity index (χ1v) is 10.8. The minimum absolute atomic E-state index is 0.00890. The van der Waals surface area contributed by atoms with Gasteiger partial charge in [-0.1, -0.05) is 97.1 Å². The molecule has 2 aliphatic heterocycles. The molecule has 4 aliphatic rings. The zero-order valence-corrected chi connectivity index (χ0v) is 17.0. The predicted molar refractivity (Wildman–Crippen MR) is 125 cm³/mol. The van der Waals surface area contributed by atoms with E-state index in [9.17, 15) is 4.79 Å². The van der Waals surface area contributed by atoms with Crippen molar-refractivity contribution >= 4 is 23.8 Å². The van der Waals surface area contributed by atoms with Crippen molar-refractivity contribution in [2.24, 2.45) is 4.99 Å².